The third-order valence-electron chi connectivity index (χ3n) is 4.13. The number of urea groups is 1. The van der Waals surface area contributed by atoms with E-state index in [2.05, 4.69) is 28.3 Å². The van der Waals surface area contributed by atoms with Gasteiger partial charge in [-0.05, 0) is 67.3 Å². The van der Waals surface area contributed by atoms with E-state index in [-0.39, 0.29) is 6.03 Å². The quantitative estimate of drug-likeness (QED) is 0.849. The van der Waals surface area contributed by atoms with Crippen molar-refractivity contribution >= 4 is 23.5 Å². The third kappa shape index (κ3) is 4.26. The van der Waals surface area contributed by atoms with E-state index in [1.54, 1.807) is 18.5 Å². The zero-order chi connectivity index (χ0) is 16.9. The second kappa shape index (κ2) is 7.66. The molecule has 2 aromatic rings. The number of likely N-dealkylation sites (tertiary alicyclic amines) is 1. The van der Waals surface area contributed by atoms with E-state index in [9.17, 15) is 4.79 Å². The molecule has 3 rings (SSSR count). The smallest absolute Gasteiger partial charge is 0.321 e. The van der Waals surface area contributed by atoms with Crippen LogP contribution in [0.2, 0.25) is 0 Å². The van der Waals surface area contributed by atoms with Crippen LogP contribution >= 0.6 is 11.8 Å². The Bertz CT molecular complexity index is 707. The maximum Gasteiger partial charge on any atom is 0.321 e. The molecule has 0 radical (unpaired) electrons. The van der Waals surface area contributed by atoms with Crippen LogP contribution in [0.1, 0.15) is 25.3 Å². The highest BCUT2D eigenvalue weighted by atomic mass is 32.2. The number of nitrogens with one attached hydrogen (secondary N) is 1. The van der Waals surface area contributed by atoms with Gasteiger partial charge in [-0.15, -0.1) is 0 Å². The first kappa shape index (κ1) is 16.8. The number of amides is 2. The summed E-state index contributed by atoms with van der Waals surface area (Å²) < 4.78 is 0. The molecule has 1 N–H and O–H groups in total. The molecule has 126 valence electrons. The number of nitrogens with zero attached hydrogens (tertiary/aromatic N) is 3. The van der Waals surface area contributed by atoms with Gasteiger partial charge in [0.25, 0.3) is 0 Å². The standard InChI is InChI=1S/C18H22N4OS/c1-13-5-3-10-22(12-13)18(23)21-16-7-6-15(11-14(16)2)24-17-19-8-4-9-20-17/h4,6-9,11,13H,3,5,10,12H2,1-2H3,(H,21,23)/t13-/m1/s1. The van der Waals surface area contributed by atoms with Crippen molar-refractivity contribution in [1.29, 1.82) is 0 Å². The molecule has 1 saturated heterocycles. The molecule has 1 aromatic carbocycles. The Hall–Kier alpha value is -2.08. The zero-order valence-electron chi connectivity index (χ0n) is 14.0. The maximum atomic E-state index is 12.4. The van der Waals surface area contributed by atoms with E-state index < -0.39 is 0 Å². The van der Waals surface area contributed by atoms with Crippen molar-refractivity contribution in [2.45, 2.75) is 36.7 Å². The Labute approximate surface area is 146 Å². The molecule has 0 bridgehead atoms. The molecule has 1 atom stereocenters. The molecule has 1 aliphatic rings. The number of hydrogen-bond acceptors (Lipinski definition) is 4. The van der Waals surface area contributed by atoms with Crippen molar-refractivity contribution in [1.82, 2.24) is 14.9 Å². The van der Waals surface area contributed by atoms with Gasteiger partial charge in [-0.3, -0.25) is 0 Å². The molecule has 0 aliphatic carbocycles. The Morgan fingerprint density at radius 2 is 2.12 bits per heavy atom. The molecule has 1 fully saturated rings. The first-order valence-corrected chi connectivity index (χ1v) is 9.05. The lowest BCUT2D eigenvalue weighted by Gasteiger charge is -2.31. The number of aromatic nitrogens is 2. The average Bonchev–Trinajstić information content (AvgIpc) is 2.58. The second-order valence-electron chi connectivity index (χ2n) is 6.23. The topological polar surface area (TPSA) is 58.1 Å². The maximum absolute atomic E-state index is 12.4. The van der Waals surface area contributed by atoms with Crippen LogP contribution in [-0.2, 0) is 0 Å². The van der Waals surface area contributed by atoms with E-state index in [0.717, 1.165) is 40.8 Å². The molecule has 24 heavy (non-hydrogen) atoms. The van der Waals surface area contributed by atoms with Gasteiger partial charge in [-0.2, -0.15) is 0 Å². The van der Waals surface area contributed by atoms with Gasteiger partial charge in [-0.1, -0.05) is 6.92 Å². The monoisotopic (exact) mass is 342 g/mol. The molecule has 2 amide bonds. The SMILES string of the molecule is Cc1cc(Sc2ncccn2)ccc1NC(=O)N1CCC[C@@H](C)C1. The minimum absolute atomic E-state index is 0.00329. The van der Waals surface area contributed by atoms with Gasteiger partial charge in [0.05, 0.1) is 0 Å². The average molecular weight is 342 g/mol. The van der Waals surface area contributed by atoms with Gasteiger partial charge >= 0.3 is 6.03 Å². The highest BCUT2D eigenvalue weighted by molar-refractivity contribution is 7.99. The Balaban J connectivity index is 1.65. The summed E-state index contributed by atoms with van der Waals surface area (Å²) in [4.78, 5) is 23.8. The minimum atomic E-state index is -0.00329. The molecule has 5 nitrogen and oxygen atoms in total. The predicted octanol–water partition coefficient (Wildman–Crippen LogP) is 4.20. The molecular formula is C18H22N4OS. The predicted molar refractivity (Wildman–Crippen MR) is 96.3 cm³/mol. The summed E-state index contributed by atoms with van der Waals surface area (Å²) in [5, 5.41) is 3.76. The Kier molecular flexibility index (Phi) is 5.35. The minimum Gasteiger partial charge on any atom is -0.324 e. The van der Waals surface area contributed by atoms with Gasteiger partial charge in [0.2, 0.25) is 0 Å². The van der Waals surface area contributed by atoms with Crippen LogP contribution < -0.4 is 5.32 Å². The molecule has 1 aliphatic heterocycles. The number of carbonyl (C=O) groups excluding carboxylic acids is 1. The van der Waals surface area contributed by atoms with E-state index in [1.165, 1.54) is 18.2 Å². The Morgan fingerprint density at radius 3 is 2.83 bits per heavy atom. The number of benzene rings is 1. The normalized spacial score (nSPS) is 17.6. The van der Waals surface area contributed by atoms with Crippen molar-refractivity contribution in [3.05, 3.63) is 42.2 Å². The van der Waals surface area contributed by atoms with Crippen LogP contribution in [0.4, 0.5) is 10.5 Å². The van der Waals surface area contributed by atoms with Gasteiger partial charge in [0.15, 0.2) is 5.16 Å². The van der Waals surface area contributed by atoms with Crippen molar-refractivity contribution in [3.63, 3.8) is 0 Å². The van der Waals surface area contributed by atoms with E-state index in [0.29, 0.717) is 5.92 Å². The van der Waals surface area contributed by atoms with Gasteiger partial charge < -0.3 is 10.2 Å². The molecule has 6 heteroatoms. The first-order valence-electron chi connectivity index (χ1n) is 8.23. The van der Waals surface area contributed by atoms with E-state index in [1.807, 2.05) is 24.0 Å². The summed E-state index contributed by atoms with van der Waals surface area (Å²) in [5.41, 5.74) is 1.89. The highest BCUT2D eigenvalue weighted by Gasteiger charge is 2.21. The third-order valence-corrected chi connectivity index (χ3v) is 5.02. The van der Waals surface area contributed by atoms with Crippen molar-refractivity contribution < 1.29 is 4.79 Å². The summed E-state index contributed by atoms with van der Waals surface area (Å²) in [5.74, 6) is 0.579. The highest BCUT2D eigenvalue weighted by Crippen LogP contribution is 2.28. The largest absolute Gasteiger partial charge is 0.324 e. The van der Waals surface area contributed by atoms with Crippen LogP contribution in [-0.4, -0.2) is 34.0 Å². The van der Waals surface area contributed by atoms with E-state index >= 15 is 0 Å². The lowest BCUT2D eigenvalue weighted by atomic mass is 10.0. The fourth-order valence-electron chi connectivity index (χ4n) is 2.85. The van der Waals surface area contributed by atoms with Crippen LogP contribution in [0.5, 0.6) is 0 Å². The van der Waals surface area contributed by atoms with Crippen molar-refractivity contribution in [2.75, 3.05) is 18.4 Å². The molecule has 0 spiro atoms. The lowest BCUT2D eigenvalue weighted by Crippen LogP contribution is -2.41. The summed E-state index contributed by atoms with van der Waals surface area (Å²) >= 11 is 1.51. The summed E-state index contributed by atoms with van der Waals surface area (Å²) in [7, 11) is 0. The summed E-state index contributed by atoms with van der Waals surface area (Å²) in [6.45, 7) is 5.88. The van der Waals surface area contributed by atoms with Gasteiger partial charge in [0, 0.05) is 36.1 Å². The Morgan fingerprint density at radius 1 is 1.33 bits per heavy atom. The first-order chi connectivity index (χ1) is 11.6. The molecular weight excluding hydrogens is 320 g/mol. The van der Waals surface area contributed by atoms with Crippen LogP contribution in [0, 0.1) is 12.8 Å². The van der Waals surface area contributed by atoms with Crippen LogP contribution in [0.15, 0.2) is 46.7 Å². The van der Waals surface area contributed by atoms with E-state index in [4.69, 9.17) is 0 Å². The fraction of sp³-hybridized carbons (Fsp3) is 0.389. The number of carbonyl (C=O) groups is 1. The molecule has 0 unspecified atom stereocenters. The van der Waals surface area contributed by atoms with Gasteiger partial charge in [-0.25, -0.2) is 14.8 Å². The zero-order valence-corrected chi connectivity index (χ0v) is 14.8. The molecule has 0 saturated carbocycles. The number of aryl methyl sites for hydroxylation is 1. The molecule has 1 aromatic heterocycles. The molecule has 2 heterocycles. The second-order valence-corrected chi connectivity index (χ2v) is 7.27. The van der Waals surface area contributed by atoms with Crippen molar-refractivity contribution in [2.24, 2.45) is 5.92 Å². The van der Waals surface area contributed by atoms with Gasteiger partial charge in [0.1, 0.15) is 0 Å². The van der Waals surface area contributed by atoms with Crippen LogP contribution in [0.3, 0.4) is 0 Å². The van der Waals surface area contributed by atoms with Crippen LogP contribution in [0.25, 0.3) is 0 Å². The number of piperidine rings is 1. The summed E-state index contributed by atoms with van der Waals surface area (Å²) in [6, 6.07) is 7.79. The number of rotatable bonds is 3. The lowest BCUT2D eigenvalue weighted by molar-refractivity contribution is 0.182. The summed E-state index contributed by atoms with van der Waals surface area (Å²) in [6.07, 6.45) is 5.75. The van der Waals surface area contributed by atoms with Crippen molar-refractivity contribution in [3.8, 4) is 0 Å². The number of anilines is 1. The number of hydrogen-bond donors (Lipinski definition) is 1. The fourth-order valence-corrected chi connectivity index (χ4v) is 3.66.